The molecule has 1 atom stereocenters. The maximum atomic E-state index is 12.7. The SMILES string of the molecule is CC1NC(=O)N(c2ccccc2NC(=O)c2ccc(N3CCCC3=O)cc2)C1=O. The van der Waals surface area contributed by atoms with Crippen molar-refractivity contribution in [3.8, 4) is 0 Å². The van der Waals surface area contributed by atoms with Gasteiger partial charge in [0.25, 0.3) is 11.8 Å². The van der Waals surface area contributed by atoms with Gasteiger partial charge in [0, 0.05) is 24.2 Å². The molecule has 0 bridgehead atoms. The molecule has 148 valence electrons. The summed E-state index contributed by atoms with van der Waals surface area (Å²) >= 11 is 0. The van der Waals surface area contributed by atoms with Crippen LogP contribution in [0.25, 0.3) is 0 Å². The fourth-order valence-corrected chi connectivity index (χ4v) is 3.52. The summed E-state index contributed by atoms with van der Waals surface area (Å²) in [4.78, 5) is 51.8. The summed E-state index contributed by atoms with van der Waals surface area (Å²) in [5.74, 6) is -0.674. The maximum absolute atomic E-state index is 12.7. The molecular formula is C21H20N4O4. The van der Waals surface area contributed by atoms with Crippen molar-refractivity contribution in [3.63, 3.8) is 0 Å². The maximum Gasteiger partial charge on any atom is 0.329 e. The van der Waals surface area contributed by atoms with Gasteiger partial charge in [-0.15, -0.1) is 0 Å². The van der Waals surface area contributed by atoms with E-state index in [1.807, 2.05) is 0 Å². The minimum absolute atomic E-state index is 0.0823. The van der Waals surface area contributed by atoms with Crippen molar-refractivity contribution in [1.82, 2.24) is 5.32 Å². The van der Waals surface area contributed by atoms with Gasteiger partial charge in [0.15, 0.2) is 0 Å². The van der Waals surface area contributed by atoms with Crippen LogP contribution in [0.5, 0.6) is 0 Å². The van der Waals surface area contributed by atoms with Crippen LogP contribution in [0.15, 0.2) is 48.5 Å². The molecule has 1 unspecified atom stereocenters. The number of carbonyl (C=O) groups is 4. The van der Waals surface area contributed by atoms with Crippen LogP contribution in [0.4, 0.5) is 21.9 Å². The Bertz CT molecular complexity index is 1000. The summed E-state index contributed by atoms with van der Waals surface area (Å²) in [5.41, 5.74) is 1.83. The molecule has 2 aromatic carbocycles. The summed E-state index contributed by atoms with van der Waals surface area (Å²) in [6.07, 6.45) is 1.37. The molecule has 0 aromatic heterocycles. The van der Waals surface area contributed by atoms with Crippen molar-refractivity contribution in [1.29, 1.82) is 0 Å². The second-order valence-corrected chi connectivity index (χ2v) is 7.01. The third kappa shape index (κ3) is 3.44. The normalized spacial score (nSPS) is 18.9. The highest BCUT2D eigenvalue weighted by Gasteiger charge is 2.37. The van der Waals surface area contributed by atoms with Crippen LogP contribution in [-0.2, 0) is 9.59 Å². The highest BCUT2D eigenvalue weighted by Crippen LogP contribution is 2.29. The van der Waals surface area contributed by atoms with Gasteiger partial charge in [-0.1, -0.05) is 12.1 Å². The summed E-state index contributed by atoms with van der Waals surface area (Å²) in [5, 5.41) is 5.32. The first-order valence-corrected chi connectivity index (χ1v) is 9.41. The standard InChI is InChI=1S/C21H20N4O4/c1-13-20(28)25(21(29)22-13)17-6-3-2-5-16(17)23-19(27)14-8-10-15(11-9-14)24-12-4-7-18(24)26/h2-3,5-6,8-11,13H,4,7,12H2,1H3,(H,22,29)(H,23,27). The van der Waals surface area contributed by atoms with Crippen molar-refractivity contribution in [2.24, 2.45) is 0 Å². The van der Waals surface area contributed by atoms with E-state index in [0.29, 0.717) is 29.9 Å². The van der Waals surface area contributed by atoms with Crippen molar-refractivity contribution in [2.75, 3.05) is 21.7 Å². The fraction of sp³-hybridized carbons (Fsp3) is 0.238. The lowest BCUT2D eigenvalue weighted by Gasteiger charge is -2.18. The molecule has 8 heteroatoms. The van der Waals surface area contributed by atoms with E-state index in [9.17, 15) is 19.2 Å². The van der Waals surface area contributed by atoms with Gasteiger partial charge < -0.3 is 15.5 Å². The summed E-state index contributed by atoms with van der Waals surface area (Å²) in [6.45, 7) is 2.29. The first-order chi connectivity index (χ1) is 14.0. The van der Waals surface area contributed by atoms with Crippen LogP contribution in [0, 0.1) is 0 Å². The molecule has 0 saturated carbocycles. The molecule has 5 amide bonds. The lowest BCUT2D eigenvalue weighted by Crippen LogP contribution is -2.32. The molecule has 8 nitrogen and oxygen atoms in total. The molecule has 2 aliphatic rings. The van der Waals surface area contributed by atoms with E-state index >= 15 is 0 Å². The van der Waals surface area contributed by atoms with Crippen molar-refractivity contribution >= 4 is 40.8 Å². The lowest BCUT2D eigenvalue weighted by atomic mass is 10.1. The number of rotatable bonds is 4. The van der Waals surface area contributed by atoms with Crippen LogP contribution in [-0.4, -0.2) is 36.3 Å². The molecule has 29 heavy (non-hydrogen) atoms. The fourth-order valence-electron chi connectivity index (χ4n) is 3.52. The van der Waals surface area contributed by atoms with Gasteiger partial charge >= 0.3 is 6.03 Å². The van der Waals surface area contributed by atoms with Crippen LogP contribution in [0.1, 0.15) is 30.1 Å². The quantitative estimate of drug-likeness (QED) is 0.781. The predicted molar refractivity (Wildman–Crippen MR) is 108 cm³/mol. The van der Waals surface area contributed by atoms with Crippen LogP contribution in [0.3, 0.4) is 0 Å². The van der Waals surface area contributed by atoms with Gasteiger partial charge in [-0.25, -0.2) is 9.69 Å². The van der Waals surface area contributed by atoms with Crippen molar-refractivity contribution in [2.45, 2.75) is 25.8 Å². The summed E-state index contributed by atoms with van der Waals surface area (Å²) in [7, 11) is 0. The molecule has 2 saturated heterocycles. The van der Waals surface area contributed by atoms with E-state index in [0.717, 1.165) is 17.0 Å². The lowest BCUT2D eigenvalue weighted by molar-refractivity contribution is -0.118. The number of nitrogens with one attached hydrogen (secondary N) is 2. The molecule has 2 fully saturated rings. The largest absolute Gasteiger partial charge is 0.329 e. The van der Waals surface area contributed by atoms with Gasteiger partial charge in [-0.3, -0.25) is 14.4 Å². The number of anilines is 3. The average Bonchev–Trinajstić information content (AvgIpc) is 3.25. The molecule has 4 rings (SSSR count). The monoisotopic (exact) mass is 392 g/mol. The summed E-state index contributed by atoms with van der Waals surface area (Å²) < 4.78 is 0. The van der Waals surface area contributed by atoms with Gasteiger partial charge in [-0.05, 0) is 49.7 Å². The second kappa shape index (κ2) is 7.38. The minimum atomic E-state index is -0.618. The number of urea groups is 1. The smallest absolute Gasteiger partial charge is 0.326 e. The van der Waals surface area contributed by atoms with E-state index < -0.39 is 12.1 Å². The van der Waals surface area contributed by atoms with E-state index in [1.165, 1.54) is 0 Å². The number of para-hydroxylation sites is 2. The molecule has 0 aliphatic carbocycles. The highest BCUT2D eigenvalue weighted by atomic mass is 16.2. The first kappa shape index (κ1) is 18.7. The molecular weight excluding hydrogens is 372 g/mol. The van der Waals surface area contributed by atoms with Gasteiger partial charge in [-0.2, -0.15) is 0 Å². The van der Waals surface area contributed by atoms with Gasteiger partial charge in [0.1, 0.15) is 6.04 Å². The molecule has 0 radical (unpaired) electrons. The number of amides is 5. The number of imide groups is 1. The Morgan fingerprint density at radius 2 is 1.79 bits per heavy atom. The average molecular weight is 392 g/mol. The first-order valence-electron chi connectivity index (χ1n) is 9.41. The Balaban J connectivity index is 1.54. The van der Waals surface area contributed by atoms with Crippen LogP contribution >= 0.6 is 0 Å². The Hall–Kier alpha value is -3.68. The number of hydrogen-bond acceptors (Lipinski definition) is 4. The van der Waals surface area contributed by atoms with Crippen molar-refractivity contribution < 1.29 is 19.2 Å². The number of hydrogen-bond donors (Lipinski definition) is 2. The Kier molecular flexibility index (Phi) is 4.75. The predicted octanol–water partition coefficient (Wildman–Crippen LogP) is 2.51. The minimum Gasteiger partial charge on any atom is -0.326 e. The zero-order valence-corrected chi connectivity index (χ0v) is 15.8. The molecule has 0 spiro atoms. The number of benzene rings is 2. The van der Waals surface area contributed by atoms with Gasteiger partial charge in [0.05, 0.1) is 11.4 Å². The third-order valence-corrected chi connectivity index (χ3v) is 5.04. The van der Waals surface area contributed by atoms with E-state index in [-0.39, 0.29) is 17.7 Å². The Labute approximate surface area is 167 Å². The molecule has 2 heterocycles. The highest BCUT2D eigenvalue weighted by molar-refractivity contribution is 6.23. The third-order valence-electron chi connectivity index (χ3n) is 5.04. The zero-order valence-electron chi connectivity index (χ0n) is 15.8. The number of nitrogens with zero attached hydrogens (tertiary/aromatic N) is 2. The Morgan fingerprint density at radius 1 is 1.07 bits per heavy atom. The molecule has 2 N–H and O–H groups in total. The van der Waals surface area contributed by atoms with Crippen LogP contribution < -0.4 is 20.4 Å². The van der Waals surface area contributed by atoms with E-state index in [2.05, 4.69) is 10.6 Å². The van der Waals surface area contributed by atoms with Crippen LogP contribution in [0.2, 0.25) is 0 Å². The second-order valence-electron chi connectivity index (χ2n) is 7.01. The zero-order chi connectivity index (χ0) is 20.5. The molecule has 2 aromatic rings. The molecule has 2 aliphatic heterocycles. The van der Waals surface area contributed by atoms with Gasteiger partial charge in [0.2, 0.25) is 5.91 Å². The number of carbonyl (C=O) groups excluding carboxylic acids is 4. The Morgan fingerprint density at radius 3 is 2.41 bits per heavy atom. The summed E-state index contributed by atoms with van der Waals surface area (Å²) in [6, 6.07) is 12.3. The van der Waals surface area contributed by atoms with Crippen molar-refractivity contribution in [3.05, 3.63) is 54.1 Å². The van der Waals surface area contributed by atoms with E-state index in [4.69, 9.17) is 0 Å². The van der Waals surface area contributed by atoms with E-state index in [1.54, 1.807) is 60.4 Å². The topological polar surface area (TPSA) is 98.8 Å².